The molecule has 0 fully saturated rings. The van der Waals surface area contributed by atoms with Crippen LogP contribution in [0.1, 0.15) is 17.2 Å². The van der Waals surface area contributed by atoms with Gasteiger partial charge in [0, 0.05) is 6.54 Å². The number of alkyl halides is 3. The van der Waals surface area contributed by atoms with Gasteiger partial charge >= 0.3 is 6.18 Å². The van der Waals surface area contributed by atoms with E-state index in [9.17, 15) is 18.3 Å². The Kier molecular flexibility index (Phi) is 3.67. The van der Waals surface area contributed by atoms with Gasteiger partial charge in [-0.3, -0.25) is 11.3 Å². The van der Waals surface area contributed by atoms with E-state index in [4.69, 9.17) is 5.84 Å². The molecule has 1 aromatic carbocycles. The Balaban J connectivity index is 2.81. The number of nitrogens with two attached hydrogens (primary N) is 1. The molecule has 0 saturated heterocycles. The predicted octanol–water partition coefficient (Wildman–Crippen LogP) is 1.20. The maximum absolute atomic E-state index is 12.2. The van der Waals surface area contributed by atoms with Gasteiger partial charge in [0.1, 0.15) is 0 Å². The zero-order chi connectivity index (χ0) is 11.5. The highest BCUT2D eigenvalue weighted by Crippen LogP contribution is 2.29. The highest BCUT2D eigenvalue weighted by Gasteiger charge is 2.30. The molecule has 84 valence electrons. The van der Waals surface area contributed by atoms with Crippen molar-refractivity contribution >= 4 is 0 Å². The lowest BCUT2D eigenvalue weighted by Crippen LogP contribution is -2.27. The Morgan fingerprint density at radius 2 is 1.80 bits per heavy atom. The van der Waals surface area contributed by atoms with Crippen molar-refractivity contribution in [1.29, 1.82) is 0 Å². The van der Waals surface area contributed by atoms with Crippen LogP contribution in [-0.2, 0) is 6.18 Å². The summed E-state index contributed by atoms with van der Waals surface area (Å²) in [7, 11) is 0. The van der Waals surface area contributed by atoms with E-state index in [0.29, 0.717) is 5.56 Å². The molecule has 6 heteroatoms. The van der Waals surface area contributed by atoms with E-state index in [2.05, 4.69) is 5.43 Å². The standard InChI is InChI=1S/C9H11F3N2O/c10-9(11,12)7-3-1-6(2-4-7)8(15)5-14-13/h1-4,8,14-15H,5,13H2. The Morgan fingerprint density at radius 1 is 1.27 bits per heavy atom. The van der Waals surface area contributed by atoms with Crippen molar-refractivity contribution in [1.82, 2.24) is 5.43 Å². The van der Waals surface area contributed by atoms with Gasteiger partial charge in [-0.15, -0.1) is 0 Å². The second kappa shape index (κ2) is 4.61. The third-order valence-electron chi connectivity index (χ3n) is 1.93. The van der Waals surface area contributed by atoms with Gasteiger partial charge in [0.05, 0.1) is 11.7 Å². The summed E-state index contributed by atoms with van der Waals surface area (Å²) in [6.07, 6.45) is -5.26. The predicted molar refractivity (Wildman–Crippen MR) is 48.6 cm³/mol. The number of hydrogen-bond donors (Lipinski definition) is 3. The van der Waals surface area contributed by atoms with E-state index in [1.165, 1.54) is 12.1 Å². The summed E-state index contributed by atoms with van der Waals surface area (Å²) >= 11 is 0. The van der Waals surface area contributed by atoms with E-state index >= 15 is 0 Å². The number of rotatable bonds is 3. The average molecular weight is 220 g/mol. The van der Waals surface area contributed by atoms with Crippen molar-refractivity contribution in [3.63, 3.8) is 0 Å². The first-order valence-corrected chi connectivity index (χ1v) is 4.24. The minimum atomic E-state index is -4.35. The molecule has 1 unspecified atom stereocenters. The molecule has 15 heavy (non-hydrogen) atoms. The van der Waals surface area contributed by atoms with Crippen LogP contribution in [0.4, 0.5) is 13.2 Å². The van der Waals surface area contributed by atoms with Gasteiger partial charge in [-0.05, 0) is 17.7 Å². The van der Waals surface area contributed by atoms with Crippen molar-refractivity contribution in [2.24, 2.45) is 5.84 Å². The van der Waals surface area contributed by atoms with Crippen molar-refractivity contribution in [3.8, 4) is 0 Å². The lowest BCUT2D eigenvalue weighted by atomic mass is 10.1. The molecule has 3 nitrogen and oxygen atoms in total. The Hall–Kier alpha value is -1.11. The molecule has 0 radical (unpaired) electrons. The van der Waals surface area contributed by atoms with Crippen LogP contribution in [-0.4, -0.2) is 11.7 Å². The van der Waals surface area contributed by atoms with Crippen LogP contribution < -0.4 is 11.3 Å². The van der Waals surface area contributed by atoms with Crippen molar-refractivity contribution < 1.29 is 18.3 Å². The third-order valence-corrected chi connectivity index (χ3v) is 1.93. The molecule has 0 saturated carbocycles. The zero-order valence-corrected chi connectivity index (χ0v) is 7.75. The fourth-order valence-corrected chi connectivity index (χ4v) is 1.12. The first-order chi connectivity index (χ1) is 6.95. The SMILES string of the molecule is NNCC(O)c1ccc(C(F)(F)F)cc1. The van der Waals surface area contributed by atoms with Crippen LogP contribution in [0.25, 0.3) is 0 Å². The van der Waals surface area contributed by atoms with E-state index < -0.39 is 17.8 Å². The normalized spacial score (nSPS) is 13.9. The fraction of sp³-hybridized carbons (Fsp3) is 0.333. The molecular weight excluding hydrogens is 209 g/mol. The Morgan fingerprint density at radius 3 is 2.20 bits per heavy atom. The van der Waals surface area contributed by atoms with Crippen LogP contribution in [0.15, 0.2) is 24.3 Å². The van der Waals surface area contributed by atoms with Gasteiger partial charge in [0.15, 0.2) is 0 Å². The highest BCUT2D eigenvalue weighted by atomic mass is 19.4. The number of benzene rings is 1. The van der Waals surface area contributed by atoms with Gasteiger partial charge in [-0.1, -0.05) is 12.1 Å². The molecule has 0 aliphatic rings. The molecule has 0 amide bonds. The fourth-order valence-electron chi connectivity index (χ4n) is 1.12. The minimum absolute atomic E-state index is 0.0887. The Labute approximate surface area is 84.7 Å². The van der Waals surface area contributed by atoms with Crippen LogP contribution >= 0.6 is 0 Å². The maximum Gasteiger partial charge on any atom is 0.416 e. The summed E-state index contributed by atoms with van der Waals surface area (Å²) in [5.74, 6) is 4.98. The zero-order valence-electron chi connectivity index (χ0n) is 7.75. The lowest BCUT2D eigenvalue weighted by Gasteiger charge is -2.11. The number of aliphatic hydroxyl groups is 1. The van der Waals surface area contributed by atoms with Gasteiger partial charge in [0.25, 0.3) is 0 Å². The van der Waals surface area contributed by atoms with E-state index in [0.717, 1.165) is 12.1 Å². The first kappa shape index (κ1) is 12.0. The minimum Gasteiger partial charge on any atom is -0.387 e. The lowest BCUT2D eigenvalue weighted by molar-refractivity contribution is -0.137. The van der Waals surface area contributed by atoms with Crippen LogP contribution in [0, 0.1) is 0 Å². The van der Waals surface area contributed by atoms with E-state index in [-0.39, 0.29) is 6.54 Å². The molecule has 0 aliphatic carbocycles. The number of halogens is 3. The van der Waals surface area contributed by atoms with Gasteiger partial charge in [-0.2, -0.15) is 13.2 Å². The largest absolute Gasteiger partial charge is 0.416 e. The molecular formula is C9H11F3N2O. The molecule has 1 aromatic rings. The van der Waals surface area contributed by atoms with Crippen LogP contribution in [0.5, 0.6) is 0 Å². The quantitative estimate of drug-likeness (QED) is 0.530. The number of hydrogen-bond acceptors (Lipinski definition) is 3. The number of nitrogens with one attached hydrogen (secondary N) is 1. The third kappa shape index (κ3) is 3.19. The van der Waals surface area contributed by atoms with E-state index in [1.807, 2.05) is 0 Å². The summed E-state index contributed by atoms with van der Waals surface area (Å²) in [5, 5.41) is 9.39. The second-order valence-electron chi connectivity index (χ2n) is 3.04. The molecule has 0 aromatic heterocycles. The monoisotopic (exact) mass is 220 g/mol. The summed E-state index contributed by atoms with van der Waals surface area (Å²) in [5.41, 5.74) is 1.89. The average Bonchev–Trinajstić information content (AvgIpc) is 2.17. The van der Waals surface area contributed by atoms with Gasteiger partial charge in [-0.25, -0.2) is 0 Å². The van der Waals surface area contributed by atoms with Crippen molar-refractivity contribution in [3.05, 3.63) is 35.4 Å². The molecule has 0 spiro atoms. The number of aliphatic hydroxyl groups excluding tert-OH is 1. The van der Waals surface area contributed by atoms with Crippen LogP contribution in [0.3, 0.4) is 0 Å². The summed E-state index contributed by atoms with van der Waals surface area (Å²) < 4.78 is 36.5. The van der Waals surface area contributed by atoms with Crippen LogP contribution in [0.2, 0.25) is 0 Å². The summed E-state index contributed by atoms with van der Waals surface area (Å²) in [6.45, 7) is 0.0887. The molecule has 1 atom stereocenters. The topological polar surface area (TPSA) is 58.3 Å². The second-order valence-corrected chi connectivity index (χ2v) is 3.04. The van der Waals surface area contributed by atoms with E-state index in [1.54, 1.807) is 0 Å². The van der Waals surface area contributed by atoms with Crippen molar-refractivity contribution in [2.75, 3.05) is 6.54 Å². The summed E-state index contributed by atoms with van der Waals surface area (Å²) in [4.78, 5) is 0. The smallest absolute Gasteiger partial charge is 0.387 e. The molecule has 0 bridgehead atoms. The Bertz CT molecular complexity index is 310. The number of hydrazine groups is 1. The molecule has 0 heterocycles. The van der Waals surface area contributed by atoms with Crippen molar-refractivity contribution in [2.45, 2.75) is 12.3 Å². The first-order valence-electron chi connectivity index (χ1n) is 4.24. The summed E-state index contributed by atoms with van der Waals surface area (Å²) in [6, 6.07) is 4.31. The molecule has 0 aliphatic heterocycles. The molecule has 4 N–H and O–H groups in total. The van der Waals surface area contributed by atoms with Gasteiger partial charge in [0.2, 0.25) is 0 Å². The maximum atomic E-state index is 12.2. The highest BCUT2D eigenvalue weighted by molar-refractivity contribution is 5.26. The molecule has 1 rings (SSSR count). The van der Waals surface area contributed by atoms with Gasteiger partial charge < -0.3 is 5.11 Å².